The number of nitrogens with zero attached hydrogens (tertiary/aromatic N) is 2. The molecule has 1 saturated heterocycles. The molecule has 0 unspecified atom stereocenters. The molecule has 1 aliphatic rings. The molecule has 25 heavy (non-hydrogen) atoms. The largest absolute Gasteiger partial charge is 0.497 e. The Labute approximate surface area is 149 Å². The maximum Gasteiger partial charge on any atom is 0.270 e. The highest BCUT2D eigenvalue weighted by Crippen LogP contribution is 2.42. The molecule has 0 radical (unpaired) electrons. The van der Waals surface area contributed by atoms with Gasteiger partial charge in [-0.15, -0.1) is 11.8 Å². The van der Waals surface area contributed by atoms with E-state index in [0.29, 0.717) is 18.0 Å². The van der Waals surface area contributed by atoms with Gasteiger partial charge in [-0.25, -0.2) is 8.42 Å². The number of nitro groups is 1. The molecule has 7 nitrogen and oxygen atoms in total. The van der Waals surface area contributed by atoms with Gasteiger partial charge in [0.1, 0.15) is 5.75 Å². The number of non-ortho nitro benzene ring substituents is 1. The topological polar surface area (TPSA) is 89.8 Å². The predicted octanol–water partition coefficient (Wildman–Crippen LogP) is 3.04. The SMILES string of the molecule is COc1ccc([C@H]2SCCN2S(=O)(=O)c2cccc([N+](=O)[O-])c2)cc1. The summed E-state index contributed by atoms with van der Waals surface area (Å²) in [6.45, 7) is 0.354. The molecule has 132 valence electrons. The van der Waals surface area contributed by atoms with Crippen LogP contribution >= 0.6 is 11.8 Å². The standard InChI is InChI=1S/C16H16N2O5S2/c1-23-14-7-5-12(6-8-14)16-17(9-10-24-16)25(21,22)15-4-2-3-13(11-15)18(19)20/h2-8,11,16H,9-10H2,1H3/t16-/m1/s1. The van der Waals surface area contributed by atoms with Crippen LogP contribution in [0.3, 0.4) is 0 Å². The molecule has 0 aliphatic carbocycles. The average Bonchev–Trinajstić information content (AvgIpc) is 3.12. The lowest BCUT2D eigenvalue weighted by molar-refractivity contribution is -0.385. The van der Waals surface area contributed by atoms with Crippen molar-refractivity contribution in [1.82, 2.24) is 4.31 Å². The van der Waals surface area contributed by atoms with Gasteiger partial charge in [0.15, 0.2) is 0 Å². The number of hydrogen-bond acceptors (Lipinski definition) is 6. The van der Waals surface area contributed by atoms with Crippen LogP contribution < -0.4 is 4.74 Å². The van der Waals surface area contributed by atoms with E-state index in [2.05, 4.69) is 0 Å². The fourth-order valence-electron chi connectivity index (χ4n) is 2.62. The average molecular weight is 380 g/mol. The Balaban J connectivity index is 1.95. The van der Waals surface area contributed by atoms with E-state index in [9.17, 15) is 18.5 Å². The van der Waals surface area contributed by atoms with Gasteiger partial charge in [-0.2, -0.15) is 4.31 Å². The molecule has 1 aliphatic heterocycles. The summed E-state index contributed by atoms with van der Waals surface area (Å²) in [6, 6.07) is 12.4. The fourth-order valence-corrected chi connectivity index (χ4v) is 5.91. The molecule has 1 fully saturated rings. The van der Waals surface area contributed by atoms with Gasteiger partial charge in [-0.05, 0) is 23.8 Å². The highest BCUT2D eigenvalue weighted by atomic mass is 32.2. The molecule has 9 heteroatoms. The minimum Gasteiger partial charge on any atom is -0.497 e. The Morgan fingerprint density at radius 1 is 1.24 bits per heavy atom. The van der Waals surface area contributed by atoms with Crippen LogP contribution in [0.1, 0.15) is 10.9 Å². The van der Waals surface area contributed by atoms with E-state index in [4.69, 9.17) is 4.74 Å². The Bertz CT molecular complexity index is 884. The fraction of sp³-hybridized carbons (Fsp3) is 0.250. The molecule has 3 rings (SSSR count). The Morgan fingerprint density at radius 2 is 1.96 bits per heavy atom. The number of sulfonamides is 1. The summed E-state index contributed by atoms with van der Waals surface area (Å²) in [5.74, 6) is 1.35. The number of hydrogen-bond donors (Lipinski definition) is 0. The number of rotatable bonds is 5. The molecule has 0 amide bonds. The first kappa shape index (κ1) is 17.7. The third kappa shape index (κ3) is 3.48. The number of nitro benzene ring substituents is 1. The zero-order chi connectivity index (χ0) is 18.0. The summed E-state index contributed by atoms with van der Waals surface area (Å²) in [7, 11) is -2.26. The van der Waals surface area contributed by atoms with E-state index in [1.54, 1.807) is 19.2 Å². The smallest absolute Gasteiger partial charge is 0.270 e. The third-order valence-electron chi connectivity index (χ3n) is 3.88. The van der Waals surface area contributed by atoms with Gasteiger partial charge in [0.05, 0.1) is 22.3 Å². The van der Waals surface area contributed by atoms with Crippen LogP contribution in [0, 0.1) is 10.1 Å². The summed E-state index contributed by atoms with van der Waals surface area (Å²) in [4.78, 5) is 10.3. The lowest BCUT2D eigenvalue weighted by atomic mass is 10.2. The minimum atomic E-state index is -3.83. The highest BCUT2D eigenvalue weighted by Gasteiger charge is 2.37. The van der Waals surface area contributed by atoms with Crippen LogP contribution in [0.4, 0.5) is 5.69 Å². The Kier molecular flexibility index (Phi) is 4.98. The molecular formula is C16H16N2O5S2. The van der Waals surface area contributed by atoms with E-state index in [1.807, 2.05) is 12.1 Å². The van der Waals surface area contributed by atoms with Gasteiger partial charge in [0, 0.05) is 24.4 Å². The van der Waals surface area contributed by atoms with Crippen LogP contribution in [-0.2, 0) is 10.0 Å². The Hall–Kier alpha value is -2.10. The van der Waals surface area contributed by atoms with E-state index in [-0.39, 0.29) is 16.0 Å². The second-order valence-corrected chi connectivity index (χ2v) is 8.45. The molecule has 2 aromatic rings. The third-order valence-corrected chi connectivity index (χ3v) is 7.14. The van der Waals surface area contributed by atoms with Crippen LogP contribution in [0.15, 0.2) is 53.4 Å². The van der Waals surface area contributed by atoms with E-state index >= 15 is 0 Å². The maximum atomic E-state index is 13.0. The maximum absolute atomic E-state index is 13.0. The quantitative estimate of drug-likeness (QED) is 0.585. The zero-order valence-corrected chi connectivity index (χ0v) is 15.0. The van der Waals surface area contributed by atoms with Crippen LogP contribution in [0.2, 0.25) is 0 Å². The van der Waals surface area contributed by atoms with Crippen molar-refractivity contribution in [3.8, 4) is 5.75 Å². The van der Waals surface area contributed by atoms with E-state index < -0.39 is 14.9 Å². The molecule has 0 aromatic heterocycles. The second-order valence-electron chi connectivity index (χ2n) is 5.37. The van der Waals surface area contributed by atoms with E-state index in [0.717, 1.165) is 11.6 Å². The van der Waals surface area contributed by atoms with Crippen LogP contribution in [0.25, 0.3) is 0 Å². The molecule has 1 heterocycles. The number of methoxy groups -OCH3 is 1. The summed E-state index contributed by atoms with van der Waals surface area (Å²) in [5.41, 5.74) is 0.603. The predicted molar refractivity (Wildman–Crippen MR) is 95.2 cm³/mol. The minimum absolute atomic E-state index is 0.0669. The van der Waals surface area contributed by atoms with Crippen molar-refractivity contribution in [3.63, 3.8) is 0 Å². The van der Waals surface area contributed by atoms with Crippen molar-refractivity contribution >= 4 is 27.5 Å². The number of thioether (sulfide) groups is 1. The van der Waals surface area contributed by atoms with Gasteiger partial charge in [-0.1, -0.05) is 18.2 Å². The summed E-state index contributed by atoms with van der Waals surface area (Å²) >= 11 is 1.52. The summed E-state index contributed by atoms with van der Waals surface area (Å²) < 4.78 is 32.5. The molecule has 2 aromatic carbocycles. The second kappa shape index (κ2) is 7.03. The van der Waals surface area contributed by atoms with Crippen molar-refractivity contribution in [2.45, 2.75) is 10.3 Å². The van der Waals surface area contributed by atoms with Gasteiger partial charge < -0.3 is 4.74 Å². The summed E-state index contributed by atoms with van der Waals surface area (Å²) in [6.07, 6.45) is 0. The molecular weight excluding hydrogens is 364 g/mol. The van der Waals surface area contributed by atoms with Gasteiger partial charge in [0.25, 0.3) is 5.69 Å². The van der Waals surface area contributed by atoms with Crippen molar-refractivity contribution in [2.24, 2.45) is 0 Å². The van der Waals surface area contributed by atoms with Crippen LogP contribution in [0.5, 0.6) is 5.75 Å². The number of ether oxygens (including phenoxy) is 1. The molecule has 0 bridgehead atoms. The monoisotopic (exact) mass is 380 g/mol. The van der Waals surface area contributed by atoms with Gasteiger partial charge in [0.2, 0.25) is 10.0 Å². The molecule has 0 saturated carbocycles. The van der Waals surface area contributed by atoms with Crippen molar-refractivity contribution in [1.29, 1.82) is 0 Å². The highest BCUT2D eigenvalue weighted by molar-refractivity contribution is 8.01. The van der Waals surface area contributed by atoms with E-state index in [1.165, 1.54) is 34.3 Å². The molecule has 0 spiro atoms. The summed E-state index contributed by atoms with van der Waals surface area (Å²) in [5, 5.41) is 10.6. The Morgan fingerprint density at radius 3 is 2.60 bits per heavy atom. The zero-order valence-electron chi connectivity index (χ0n) is 13.4. The van der Waals surface area contributed by atoms with Crippen molar-refractivity contribution in [3.05, 3.63) is 64.2 Å². The first-order chi connectivity index (χ1) is 11.9. The van der Waals surface area contributed by atoms with Crippen molar-refractivity contribution in [2.75, 3.05) is 19.4 Å². The first-order valence-corrected chi connectivity index (χ1v) is 9.94. The van der Waals surface area contributed by atoms with Crippen LogP contribution in [-0.4, -0.2) is 37.1 Å². The lowest BCUT2D eigenvalue weighted by Gasteiger charge is -2.23. The normalized spacial score (nSPS) is 18.2. The molecule has 0 N–H and O–H groups in total. The van der Waals surface area contributed by atoms with Gasteiger partial charge in [-0.3, -0.25) is 10.1 Å². The molecule has 1 atom stereocenters. The van der Waals surface area contributed by atoms with Gasteiger partial charge >= 0.3 is 0 Å². The van der Waals surface area contributed by atoms with Crippen molar-refractivity contribution < 1.29 is 18.1 Å². The lowest BCUT2D eigenvalue weighted by Crippen LogP contribution is -2.30. The number of benzene rings is 2. The first-order valence-electron chi connectivity index (χ1n) is 7.45.